The van der Waals surface area contributed by atoms with Gasteiger partial charge in [0.25, 0.3) is 5.56 Å². The molecule has 0 bridgehead atoms. The second-order valence-corrected chi connectivity index (χ2v) is 8.64. The molecule has 0 aliphatic carbocycles. The van der Waals surface area contributed by atoms with Crippen molar-refractivity contribution in [1.29, 1.82) is 0 Å². The van der Waals surface area contributed by atoms with Crippen LogP contribution in [-0.2, 0) is 6.54 Å². The van der Waals surface area contributed by atoms with E-state index in [1.54, 1.807) is 24.2 Å². The van der Waals surface area contributed by atoms with Crippen LogP contribution in [0.1, 0.15) is 12.0 Å². The highest BCUT2D eigenvalue weighted by Gasteiger charge is 2.19. The lowest BCUT2D eigenvalue weighted by atomic mass is 10.1. The molecular weight excluding hydrogens is 485 g/mol. The van der Waals surface area contributed by atoms with E-state index < -0.39 is 0 Å². The Morgan fingerprint density at radius 2 is 1.71 bits per heavy atom. The molecule has 2 aromatic heterocycles. The van der Waals surface area contributed by atoms with E-state index in [1.165, 1.54) is 0 Å². The van der Waals surface area contributed by atoms with E-state index in [1.807, 2.05) is 37.3 Å². The summed E-state index contributed by atoms with van der Waals surface area (Å²) in [5.41, 5.74) is 3.89. The van der Waals surface area contributed by atoms with Gasteiger partial charge in [-0.2, -0.15) is 0 Å². The van der Waals surface area contributed by atoms with Gasteiger partial charge in [0.2, 0.25) is 0 Å². The van der Waals surface area contributed by atoms with Gasteiger partial charge in [-0.05, 0) is 43.7 Å². The summed E-state index contributed by atoms with van der Waals surface area (Å²) < 4.78 is 7.23. The molecule has 2 aromatic carbocycles. The lowest BCUT2D eigenvalue weighted by Crippen LogP contribution is -2.46. The first-order valence-electron chi connectivity index (χ1n) is 11.5. The standard InChI is InChI=1S/C26H29N5O2.2ClH/c1-19-8-9-20-22(16-19)27-17-21-25(20)28-18-31(26(21)32)11-5-10-29-12-14-30(15-13-29)23-6-3-4-7-24(23)33-2;;/h3-4,6-9,16-18H,5,10-15H2,1-2H3;2*1H. The number of pyridine rings is 1. The fourth-order valence-corrected chi connectivity index (χ4v) is 4.65. The minimum atomic E-state index is -0.0176. The highest BCUT2D eigenvalue weighted by Crippen LogP contribution is 2.28. The molecule has 5 rings (SSSR count). The summed E-state index contributed by atoms with van der Waals surface area (Å²) in [5, 5.41) is 1.51. The quantitative estimate of drug-likeness (QED) is 0.356. The van der Waals surface area contributed by atoms with Crippen LogP contribution in [0.5, 0.6) is 5.75 Å². The van der Waals surface area contributed by atoms with Gasteiger partial charge in [-0.1, -0.05) is 24.3 Å². The molecule has 0 unspecified atom stereocenters. The molecular formula is C26H31Cl2N5O2. The molecule has 1 aliphatic rings. The van der Waals surface area contributed by atoms with E-state index in [2.05, 4.69) is 31.9 Å². The van der Waals surface area contributed by atoms with E-state index in [4.69, 9.17) is 4.74 Å². The second-order valence-electron chi connectivity index (χ2n) is 8.64. The molecule has 35 heavy (non-hydrogen) atoms. The zero-order valence-corrected chi connectivity index (χ0v) is 21.6. The third kappa shape index (κ3) is 5.53. The molecule has 186 valence electrons. The Labute approximate surface area is 217 Å². The van der Waals surface area contributed by atoms with Gasteiger partial charge in [-0.25, -0.2) is 4.98 Å². The first-order chi connectivity index (χ1) is 16.1. The Hall–Kier alpha value is -2.87. The molecule has 1 fully saturated rings. The summed E-state index contributed by atoms with van der Waals surface area (Å²) in [6.07, 6.45) is 4.26. The van der Waals surface area contributed by atoms with E-state index in [-0.39, 0.29) is 30.4 Å². The van der Waals surface area contributed by atoms with Crippen molar-refractivity contribution in [2.75, 3.05) is 44.7 Å². The molecule has 0 N–H and O–H groups in total. The number of aromatic nitrogens is 3. The van der Waals surface area contributed by atoms with Gasteiger partial charge in [0, 0.05) is 44.3 Å². The molecule has 0 spiro atoms. The van der Waals surface area contributed by atoms with Crippen LogP contribution in [0.25, 0.3) is 21.8 Å². The number of methoxy groups -OCH3 is 1. The summed E-state index contributed by atoms with van der Waals surface area (Å²) in [6, 6.07) is 14.2. The van der Waals surface area contributed by atoms with E-state index >= 15 is 0 Å². The number of hydrogen-bond donors (Lipinski definition) is 0. The lowest BCUT2D eigenvalue weighted by Gasteiger charge is -2.36. The molecule has 3 heterocycles. The number of benzene rings is 2. The maximum absolute atomic E-state index is 13.0. The summed E-state index contributed by atoms with van der Waals surface area (Å²) in [7, 11) is 1.72. The van der Waals surface area contributed by atoms with Crippen LogP contribution < -0.4 is 15.2 Å². The topological polar surface area (TPSA) is 63.5 Å². The number of ether oxygens (including phenoxy) is 1. The van der Waals surface area contributed by atoms with Crippen molar-refractivity contribution in [3.05, 3.63) is 70.9 Å². The van der Waals surface area contributed by atoms with E-state index in [0.717, 1.165) is 72.6 Å². The molecule has 0 amide bonds. The Balaban J connectivity index is 0.00000171. The van der Waals surface area contributed by atoms with Gasteiger partial charge in [0.05, 0.1) is 35.5 Å². The molecule has 0 radical (unpaired) electrons. The summed E-state index contributed by atoms with van der Waals surface area (Å²) in [4.78, 5) is 27.0. The molecule has 0 atom stereocenters. The van der Waals surface area contributed by atoms with E-state index in [9.17, 15) is 4.79 Å². The maximum Gasteiger partial charge on any atom is 0.262 e. The fraction of sp³-hybridized carbons (Fsp3) is 0.346. The molecule has 0 saturated carbocycles. The van der Waals surface area contributed by atoms with Crippen molar-refractivity contribution in [2.24, 2.45) is 0 Å². The SMILES string of the molecule is COc1ccccc1N1CCN(CCCn2cnc3c(cnc4cc(C)ccc43)c2=O)CC1.Cl.Cl. The summed E-state index contributed by atoms with van der Waals surface area (Å²) >= 11 is 0. The van der Waals surface area contributed by atoms with Crippen molar-refractivity contribution in [3.8, 4) is 5.75 Å². The zero-order valence-electron chi connectivity index (χ0n) is 20.0. The monoisotopic (exact) mass is 515 g/mol. The van der Waals surface area contributed by atoms with Gasteiger partial charge in [0.15, 0.2) is 0 Å². The normalized spacial score (nSPS) is 13.9. The second kappa shape index (κ2) is 11.7. The van der Waals surface area contributed by atoms with Crippen LogP contribution in [0.4, 0.5) is 5.69 Å². The van der Waals surface area contributed by atoms with Crippen molar-refractivity contribution < 1.29 is 4.74 Å². The largest absolute Gasteiger partial charge is 0.495 e. The van der Waals surface area contributed by atoms with Crippen molar-refractivity contribution in [2.45, 2.75) is 19.9 Å². The number of rotatable bonds is 6. The first kappa shape index (κ1) is 26.7. The minimum Gasteiger partial charge on any atom is -0.495 e. The van der Waals surface area contributed by atoms with Crippen LogP contribution in [-0.4, -0.2) is 59.3 Å². The van der Waals surface area contributed by atoms with Gasteiger partial charge in [-0.15, -0.1) is 24.8 Å². The molecule has 1 aliphatic heterocycles. The Kier molecular flexibility index (Phi) is 8.94. The number of para-hydroxylation sites is 2. The molecule has 9 heteroatoms. The third-order valence-electron chi connectivity index (χ3n) is 6.49. The summed E-state index contributed by atoms with van der Waals surface area (Å²) in [6.45, 7) is 7.58. The number of nitrogens with zero attached hydrogens (tertiary/aromatic N) is 5. The number of halogens is 2. The predicted octanol–water partition coefficient (Wildman–Crippen LogP) is 4.32. The fourth-order valence-electron chi connectivity index (χ4n) is 4.65. The maximum atomic E-state index is 13.0. The van der Waals surface area contributed by atoms with Crippen LogP contribution >= 0.6 is 24.8 Å². The molecule has 1 saturated heterocycles. The summed E-state index contributed by atoms with van der Waals surface area (Å²) in [5.74, 6) is 0.923. The highest BCUT2D eigenvalue weighted by molar-refractivity contribution is 6.02. The van der Waals surface area contributed by atoms with Crippen LogP contribution in [0.3, 0.4) is 0 Å². The number of hydrogen-bond acceptors (Lipinski definition) is 6. The number of aryl methyl sites for hydroxylation is 2. The number of piperazine rings is 1. The number of fused-ring (bicyclic) bond motifs is 3. The Morgan fingerprint density at radius 1 is 0.943 bits per heavy atom. The predicted molar refractivity (Wildman–Crippen MR) is 147 cm³/mol. The Bertz CT molecular complexity index is 1350. The molecule has 4 aromatic rings. The van der Waals surface area contributed by atoms with Crippen LogP contribution in [0.2, 0.25) is 0 Å². The zero-order chi connectivity index (χ0) is 22.8. The third-order valence-corrected chi connectivity index (χ3v) is 6.49. The average molecular weight is 516 g/mol. The van der Waals surface area contributed by atoms with Gasteiger partial charge >= 0.3 is 0 Å². The van der Waals surface area contributed by atoms with Crippen LogP contribution in [0, 0.1) is 6.92 Å². The van der Waals surface area contributed by atoms with E-state index in [0.29, 0.717) is 11.9 Å². The van der Waals surface area contributed by atoms with Crippen LogP contribution in [0.15, 0.2) is 59.8 Å². The van der Waals surface area contributed by atoms with Gasteiger partial charge in [-0.3, -0.25) is 19.2 Å². The number of anilines is 1. The minimum absolute atomic E-state index is 0. The molecule has 7 nitrogen and oxygen atoms in total. The van der Waals surface area contributed by atoms with Crippen molar-refractivity contribution in [3.63, 3.8) is 0 Å². The average Bonchev–Trinajstić information content (AvgIpc) is 2.85. The van der Waals surface area contributed by atoms with Crippen molar-refractivity contribution >= 4 is 52.3 Å². The highest BCUT2D eigenvalue weighted by atomic mass is 35.5. The van der Waals surface area contributed by atoms with Gasteiger partial charge < -0.3 is 9.64 Å². The lowest BCUT2D eigenvalue weighted by molar-refractivity contribution is 0.249. The Morgan fingerprint density at radius 3 is 2.49 bits per heavy atom. The first-order valence-corrected chi connectivity index (χ1v) is 11.5. The van der Waals surface area contributed by atoms with Crippen molar-refractivity contribution in [1.82, 2.24) is 19.4 Å². The van der Waals surface area contributed by atoms with Gasteiger partial charge in [0.1, 0.15) is 5.75 Å². The smallest absolute Gasteiger partial charge is 0.262 e.